The average Bonchev–Trinajstić information content (AvgIpc) is 3.22. The van der Waals surface area contributed by atoms with Crippen molar-refractivity contribution in [3.8, 4) is 0 Å². The largest absolute Gasteiger partial charge is 0.353 e. The van der Waals surface area contributed by atoms with E-state index in [-0.39, 0.29) is 43.5 Å². The third-order valence-electron chi connectivity index (χ3n) is 6.80. The van der Waals surface area contributed by atoms with Crippen LogP contribution in [0.3, 0.4) is 0 Å². The van der Waals surface area contributed by atoms with Crippen molar-refractivity contribution in [3.05, 3.63) is 83.9 Å². The number of likely N-dealkylation sites (tertiary alicyclic amines) is 1. The Bertz CT molecular complexity index is 1120. The van der Waals surface area contributed by atoms with Gasteiger partial charge in [0.1, 0.15) is 11.6 Å². The van der Waals surface area contributed by atoms with Gasteiger partial charge in [0, 0.05) is 51.3 Å². The van der Waals surface area contributed by atoms with E-state index in [1.807, 2.05) is 30.3 Å². The molecular formula is C28H32F2N4O3. The monoisotopic (exact) mass is 510 g/mol. The minimum Gasteiger partial charge on any atom is -0.353 e. The molecule has 3 atom stereocenters. The molecule has 2 fully saturated rings. The lowest BCUT2D eigenvalue weighted by atomic mass is 9.96. The van der Waals surface area contributed by atoms with Gasteiger partial charge in [-0.25, -0.2) is 8.78 Å². The highest BCUT2D eigenvalue weighted by molar-refractivity contribution is 5.89. The van der Waals surface area contributed by atoms with Crippen LogP contribution in [0.2, 0.25) is 0 Å². The minimum atomic E-state index is -0.706. The maximum atomic E-state index is 13.9. The van der Waals surface area contributed by atoms with Crippen LogP contribution in [0.25, 0.3) is 0 Å². The molecule has 3 amide bonds. The van der Waals surface area contributed by atoms with E-state index in [1.165, 1.54) is 12.1 Å². The van der Waals surface area contributed by atoms with Crippen LogP contribution in [-0.2, 0) is 27.3 Å². The molecule has 0 aliphatic carbocycles. The van der Waals surface area contributed by atoms with Crippen molar-refractivity contribution in [2.24, 2.45) is 5.92 Å². The van der Waals surface area contributed by atoms with E-state index >= 15 is 0 Å². The van der Waals surface area contributed by atoms with Crippen LogP contribution < -0.4 is 10.6 Å². The molecule has 2 N–H and O–H groups in total. The first kappa shape index (κ1) is 26.5. The van der Waals surface area contributed by atoms with Gasteiger partial charge < -0.3 is 20.4 Å². The molecule has 0 saturated carbocycles. The summed E-state index contributed by atoms with van der Waals surface area (Å²) in [6.07, 6.45) is 2.08. The number of benzene rings is 2. The molecule has 7 nitrogen and oxygen atoms in total. The van der Waals surface area contributed by atoms with E-state index < -0.39 is 29.6 Å². The fraction of sp³-hybridized carbons (Fsp3) is 0.393. The number of nitrogens with zero attached hydrogens (tertiary/aromatic N) is 2. The van der Waals surface area contributed by atoms with Crippen LogP contribution in [0.4, 0.5) is 8.78 Å². The van der Waals surface area contributed by atoms with Gasteiger partial charge in [-0.2, -0.15) is 0 Å². The van der Waals surface area contributed by atoms with Gasteiger partial charge in [-0.1, -0.05) is 36.4 Å². The number of hydrogen-bond donors (Lipinski definition) is 2. The second-order valence-electron chi connectivity index (χ2n) is 9.66. The molecule has 2 saturated heterocycles. The fourth-order valence-electron chi connectivity index (χ4n) is 5.03. The SMILES string of the molecule is C=CCN1C[C@@H](C(=O)N[C@@H](Cc2cc(F)cc(F)c2)CC2NCCN(Cc3ccccc3)C2=O)CC1=O. The summed E-state index contributed by atoms with van der Waals surface area (Å²) in [6, 6.07) is 11.8. The van der Waals surface area contributed by atoms with Crippen LogP contribution in [-0.4, -0.2) is 65.8 Å². The first-order valence-electron chi connectivity index (χ1n) is 12.5. The molecule has 9 heteroatoms. The van der Waals surface area contributed by atoms with E-state index in [2.05, 4.69) is 17.2 Å². The summed E-state index contributed by atoms with van der Waals surface area (Å²) in [5, 5.41) is 6.20. The molecular weight excluding hydrogens is 478 g/mol. The van der Waals surface area contributed by atoms with Crippen LogP contribution in [0.1, 0.15) is 24.0 Å². The molecule has 1 unspecified atom stereocenters. The van der Waals surface area contributed by atoms with Gasteiger partial charge in [-0.05, 0) is 36.1 Å². The Hall–Kier alpha value is -3.59. The molecule has 0 aromatic heterocycles. The maximum Gasteiger partial charge on any atom is 0.240 e. The number of piperazine rings is 1. The summed E-state index contributed by atoms with van der Waals surface area (Å²) < 4.78 is 27.7. The van der Waals surface area contributed by atoms with Gasteiger partial charge in [0.25, 0.3) is 0 Å². The number of rotatable bonds is 10. The molecule has 2 aliphatic heterocycles. The van der Waals surface area contributed by atoms with Crippen molar-refractivity contribution < 1.29 is 23.2 Å². The fourth-order valence-corrected chi connectivity index (χ4v) is 5.03. The summed E-state index contributed by atoms with van der Waals surface area (Å²) >= 11 is 0. The van der Waals surface area contributed by atoms with Crippen molar-refractivity contribution in [2.75, 3.05) is 26.2 Å². The van der Waals surface area contributed by atoms with Crippen LogP contribution >= 0.6 is 0 Å². The Balaban J connectivity index is 1.47. The van der Waals surface area contributed by atoms with Crippen molar-refractivity contribution in [1.29, 1.82) is 0 Å². The molecule has 4 rings (SSSR count). The Morgan fingerprint density at radius 3 is 2.54 bits per heavy atom. The van der Waals surface area contributed by atoms with Crippen LogP contribution in [0.15, 0.2) is 61.2 Å². The standard InChI is InChI=1S/C28H32F2N4O3/c1-2-9-33-18-21(14-26(33)35)27(36)32-24(13-20-11-22(29)15-23(30)12-20)16-25-28(37)34(10-8-31-25)17-19-6-4-3-5-7-19/h2-7,11-12,15,21,24-25,31H,1,8-10,13-14,16-18H2,(H,32,36)/t21-,24-,25?/m0/s1. The number of nitrogens with one attached hydrogen (secondary N) is 2. The molecule has 0 spiro atoms. The quantitative estimate of drug-likeness (QED) is 0.481. The summed E-state index contributed by atoms with van der Waals surface area (Å²) in [5.41, 5.74) is 1.40. The zero-order valence-corrected chi connectivity index (χ0v) is 20.7. The summed E-state index contributed by atoms with van der Waals surface area (Å²) in [6.45, 7) is 5.92. The number of halogens is 2. The Kier molecular flexibility index (Phi) is 8.66. The molecule has 2 aromatic carbocycles. The van der Waals surface area contributed by atoms with E-state index in [0.717, 1.165) is 11.6 Å². The van der Waals surface area contributed by atoms with Gasteiger partial charge in [-0.3, -0.25) is 14.4 Å². The zero-order valence-electron chi connectivity index (χ0n) is 20.7. The van der Waals surface area contributed by atoms with Gasteiger partial charge in [0.05, 0.1) is 12.0 Å². The van der Waals surface area contributed by atoms with Crippen LogP contribution in [0.5, 0.6) is 0 Å². The lowest BCUT2D eigenvalue weighted by Gasteiger charge is -2.35. The second kappa shape index (κ2) is 12.1. The third-order valence-corrected chi connectivity index (χ3v) is 6.80. The molecule has 196 valence electrons. The Labute approximate surface area is 215 Å². The maximum absolute atomic E-state index is 13.9. The second-order valence-corrected chi connectivity index (χ2v) is 9.66. The van der Waals surface area contributed by atoms with E-state index in [1.54, 1.807) is 15.9 Å². The molecule has 2 heterocycles. The highest BCUT2D eigenvalue weighted by Gasteiger charge is 2.36. The first-order chi connectivity index (χ1) is 17.8. The lowest BCUT2D eigenvalue weighted by Crippen LogP contribution is -2.57. The predicted octanol–water partition coefficient (Wildman–Crippen LogP) is 2.42. The number of carbonyl (C=O) groups is 3. The Morgan fingerprint density at radius 1 is 1.11 bits per heavy atom. The van der Waals surface area contributed by atoms with Crippen LogP contribution in [0, 0.1) is 17.6 Å². The summed E-state index contributed by atoms with van der Waals surface area (Å²) in [5.74, 6) is -2.47. The van der Waals surface area contributed by atoms with Crippen molar-refractivity contribution in [2.45, 2.75) is 37.9 Å². The van der Waals surface area contributed by atoms with Gasteiger partial charge in [0.15, 0.2) is 0 Å². The third kappa shape index (κ3) is 7.01. The van der Waals surface area contributed by atoms with Gasteiger partial charge >= 0.3 is 0 Å². The topological polar surface area (TPSA) is 81.8 Å². The van der Waals surface area contributed by atoms with Crippen molar-refractivity contribution in [3.63, 3.8) is 0 Å². The number of hydrogen-bond acceptors (Lipinski definition) is 4. The summed E-state index contributed by atoms with van der Waals surface area (Å²) in [4.78, 5) is 42.0. The molecule has 37 heavy (non-hydrogen) atoms. The average molecular weight is 511 g/mol. The highest BCUT2D eigenvalue weighted by atomic mass is 19.1. The van der Waals surface area contributed by atoms with Gasteiger partial charge in [-0.15, -0.1) is 6.58 Å². The molecule has 2 aromatic rings. The van der Waals surface area contributed by atoms with Gasteiger partial charge in [0.2, 0.25) is 17.7 Å². The smallest absolute Gasteiger partial charge is 0.240 e. The number of carbonyl (C=O) groups excluding carboxylic acids is 3. The normalized spacial score (nSPS) is 20.7. The van der Waals surface area contributed by atoms with Crippen molar-refractivity contribution in [1.82, 2.24) is 20.4 Å². The first-order valence-corrected chi connectivity index (χ1v) is 12.5. The Morgan fingerprint density at radius 2 is 1.84 bits per heavy atom. The minimum absolute atomic E-state index is 0.0897. The van der Waals surface area contributed by atoms with Crippen molar-refractivity contribution >= 4 is 17.7 Å². The molecule has 2 aliphatic rings. The van der Waals surface area contributed by atoms with E-state index in [0.29, 0.717) is 31.7 Å². The lowest BCUT2D eigenvalue weighted by molar-refractivity contribution is -0.137. The molecule has 0 radical (unpaired) electrons. The predicted molar refractivity (Wildman–Crippen MR) is 135 cm³/mol. The zero-order chi connectivity index (χ0) is 26.4. The summed E-state index contributed by atoms with van der Waals surface area (Å²) in [7, 11) is 0. The van der Waals surface area contributed by atoms with E-state index in [4.69, 9.17) is 0 Å². The highest BCUT2D eigenvalue weighted by Crippen LogP contribution is 2.20. The molecule has 0 bridgehead atoms. The van der Waals surface area contributed by atoms with E-state index in [9.17, 15) is 23.2 Å². The number of amides is 3.